The number of nitrogens with zero attached hydrogens (tertiary/aromatic N) is 2. The second-order valence-corrected chi connectivity index (χ2v) is 10.3. The third-order valence-electron chi connectivity index (χ3n) is 4.18. The summed E-state index contributed by atoms with van der Waals surface area (Å²) in [5.74, 6) is 0.708. The first-order valence-corrected chi connectivity index (χ1v) is 13.5. The van der Waals surface area contributed by atoms with Crippen molar-refractivity contribution in [3.8, 4) is 22.8 Å². The van der Waals surface area contributed by atoms with E-state index in [-0.39, 0.29) is 10.4 Å². The molecule has 2 aromatic carbocycles. The molecule has 1 aromatic heterocycles. The van der Waals surface area contributed by atoms with Crippen molar-refractivity contribution in [1.82, 2.24) is 9.55 Å². The summed E-state index contributed by atoms with van der Waals surface area (Å²) in [4.78, 5) is 16.6. The van der Waals surface area contributed by atoms with Gasteiger partial charge in [-0.1, -0.05) is 61.3 Å². The highest BCUT2D eigenvalue weighted by molar-refractivity contribution is 9.08. The Hall–Kier alpha value is -1.96. The maximum absolute atomic E-state index is 12.1. The van der Waals surface area contributed by atoms with Gasteiger partial charge >= 0.3 is 0 Å². The number of hydrogen-bond acceptors (Lipinski definition) is 4. The number of rotatable bonds is 6. The summed E-state index contributed by atoms with van der Waals surface area (Å²) in [6.45, 7) is 16.2. The third-order valence-corrected chi connectivity index (χ3v) is 5.80. The average molecular weight is 569 g/mol. The lowest BCUT2D eigenvalue weighted by Gasteiger charge is -2.17. The van der Waals surface area contributed by atoms with Gasteiger partial charge in [0, 0.05) is 21.3 Å². The topological polar surface area (TPSA) is 70.1 Å². The molecule has 2 N–H and O–H groups in total. The number of aryl methyl sites for hydroxylation is 1. The zero-order valence-corrected chi connectivity index (χ0v) is 24.4. The predicted molar refractivity (Wildman–Crippen MR) is 151 cm³/mol. The van der Waals surface area contributed by atoms with E-state index in [2.05, 4.69) is 41.7 Å². The standard InChI is InChI=1S/C22H23BrClN3O2S.2C2H6/c1-13-5-10-16(17(24)11-13)21-26-19(20(25)28)18(12-23)27(21)14-6-8-15(9-7-14)29-30-22(2,3)4;2*1-2/h5-11H,12H2,1-4H3,(H2,25,28);2*1-2H3. The van der Waals surface area contributed by atoms with Gasteiger partial charge in [0.2, 0.25) is 0 Å². The SMILES string of the molecule is CC.CC.Cc1ccc(-c2nc(C(N)=O)c(CBr)n2-c2ccc(OSC(C)(C)C)cc2)c(Cl)c1. The van der Waals surface area contributed by atoms with Crippen LogP contribution in [0.2, 0.25) is 5.02 Å². The molecule has 0 radical (unpaired) electrons. The number of benzene rings is 2. The van der Waals surface area contributed by atoms with Crippen LogP contribution in [0, 0.1) is 6.92 Å². The molecule has 0 atom stereocenters. The molecule has 1 amide bonds. The van der Waals surface area contributed by atoms with Crippen LogP contribution in [0.25, 0.3) is 17.1 Å². The van der Waals surface area contributed by atoms with Crippen molar-refractivity contribution in [2.24, 2.45) is 5.73 Å². The molecule has 8 heteroatoms. The Balaban J connectivity index is 0.00000137. The number of imidazole rings is 1. The van der Waals surface area contributed by atoms with E-state index < -0.39 is 5.91 Å². The number of alkyl halides is 1. The average Bonchev–Trinajstić information content (AvgIpc) is 3.20. The number of nitrogens with two attached hydrogens (primary N) is 1. The monoisotopic (exact) mass is 567 g/mol. The van der Waals surface area contributed by atoms with Crippen LogP contribution in [0.5, 0.6) is 5.75 Å². The summed E-state index contributed by atoms with van der Waals surface area (Å²) in [5.41, 5.74) is 9.06. The minimum atomic E-state index is -0.589. The smallest absolute Gasteiger partial charge is 0.269 e. The molecule has 1 heterocycles. The van der Waals surface area contributed by atoms with Gasteiger partial charge in [-0.2, -0.15) is 0 Å². The molecule has 34 heavy (non-hydrogen) atoms. The van der Waals surface area contributed by atoms with Crippen LogP contribution >= 0.6 is 39.6 Å². The van der Waals surface area contributed by atoms with Crippen molar-refractivity contribution in [2.45, 2.75) is 65.5 Å². The summed E-state index contributed by atoms with van der Waals surface area (Å²) in [5, 5.41) is 0.958. The Labute approximate surface area is 221 Å². The van der Waals surface area contributed by atoms with Gasteiger partial charge in [0.15, 0.2) is 5.69 Å². The van der Waals surface area contributed by atoms with Gasteiger partial charge in [0.25, 0.3) is 5.91 Å². The number of halogens is 2. The summed E-state index contributed by atoms with van der Waals surface area (Å²) >= 11 is 11.4. The number of primary amides is 1. The normalized spacial score (nSPS) is 10.5. The molecular formula is C26H35BrClN3O2S. The highest BCUT2D eigenvalue weighted by Crippen LogP contribution is 2.34. The minimum Gasteiger partial charge on any atom is -0.425 e. The van der Waals surface area contributed by atoms with E-state index in [1.165, 1.54) is 12.0 Å². The van der Waals surface area contributed by atoms with E-state index in [9.17, 15) is 4.79 Å². The highest BCUT2D eigenvalue weighted by atomic mass is 79.9. The van der Waals surface area contributed by atoms with E-state index in [0.29, 0.717) is 21.9 Å². The summed E-state index contributed by atoms with van der Waals surface area (Å²) in [6, 6.07) is 13.3. The van der Waals surface area contributed by atoms with E-state index in [0.717, 1.165) is 22.6 Å². The van der Waals surface area contributed by atoms with Crippen LogP contribution in [0.4, 0.5) is 0 Å². The van der Waals surface area contributed by atoms with Crippen LogP contribution in [0.3, 0.4) is 0 Å². The van der Waals surface area contributed by atoms with Crippen molar-refractivity contribution in [1.29, 1.82) is 0 Å². The van der Waals surface area contributed by atoms with Crippen molar-refractivity contribution >= 4 is 45.5 Å². The Morgan fingerprint density at radius 3 is 2.18 bits per heavy atom. The molecule has 186 valence electrons. The summed E-state index contributed by atoms with van der Waals surface area (Å²) < 4.78 is 7.67. The zero-order valence-electron chi connectivity index (χ0n) is 21.2. The predicted octanol–water partition coefficient (Wildman–Crippen LogP) is 8.37. The van der Waals surface area contributed by atoms with Gasteiger partial charge in [-0.3, -0.25) is 9.36 Å². The van der Waals surface area contributed by atoms with Crippen LogP contribution in [-0.2, 0) is 5.33 Å². The Morgan fingerprint density at radius 1 is 1.12 bits per heavy atom. The number of carbonyl (C=O) groups excluding carboxylic acids is 1. The molecule has 3 aromatic rings. The lowest BCUT2D eigenvalue weighted by Crippen LogP contribution is -2.14. The summed E-state index contributed by atoms with van der Waals surface area (Å²) in [7, 11) is 0. The molecule has 0 aliphatic heterocycles. The van der Waals surface area contributed by atoms with E-state index in [1.807, 2.05) is 81.7 Å². The fourth-order valence-electron chi connectivity index (χ4n) is 2.86. The fraction of sp³-hybridized carbons (Fsp3) is 0.385. The van der Waals surface area contributed by atoms with Gasteiger partial charge in [-0.15, -0.1) is 0 Å². The quantitative estimate of drug-likeness (QED) is 0.239. The number of hydrogen-bond donors (Lipinski definition) is 1. The van der Waals surface area contributed by atoms with Crippen molar-refractivity contribution in [3.63, 3.8) is 0 Å². The second kappa shape index (κ2) is 13.8. The zero-order chi connectivity index (χ0) is 26.1. The first kappa shape index (κ1) is 30.1. The van der Waals surface area contributed by atoms with Gasteiger partial charge in [-0.25, -0.2) is 4.98 Å². The molecule has 0 spiro atoms. The van der Waals surface area contributed by atoms with Gasteiger partial charge in [0.05, 0.1) is 22.8 Å². The van der Waals surface area contributed by atoms with Gasteiger partial charge in [-0.05, 0) is 69.7 Å². The molecule has 0 saturated heterocycles. The maximum atomic E-state index is 12.1. The van der Waals surface area contributed by atoms with Crippen molar-refractivity contribution < 1.29 is 8.98 Å². The molecule has 0 unspecified atom stereocenters. The lowest BCUT2D eigenvalue weighted by molar-refractivity contribution is 0.0995. The Kier molecular flexibility index (Phi) is 12.2. The Morgan fingerprint density at radius 2 is 1.71 bits per heavy atom. The van der Waals surface area contributed by atoms with E-state index in [1.54, 1.807) is 0 Å². The molecule has 5 nitrogen and oxygen atoms in total. The molecule has 0 fully saturated rings. The van der Waals surface area contributed by atoms with Crippen LogP contribution in [0.15, 0.2) is 42.5 Å². The van der Waals surface area contributed by atoms with Crippen LogP contribution < -0.4 is 9.92 Å². The van der Waals surface area contributed by atoms with E-state index >= 15 is 0 Å². The van der Waals surface area contributed by atoms with Crippen molar-refractivity contribution in [2.75, 3.05) is 0 Å². The van der Waals surface area contributed by atoms with Crippen molar-refractivity contribution in [3.05, 3.63) is 64.4 Å². The lowest BCUT2D eigenvalue weighted by atomic mass is 10.1. The fourth-order valence-corrected chi connectivity index (χ4v) is 4.15. The third kappa shape index (κ3) is 7.79. The molecule has 0 saturated carbocycles. The molecule has 0 aliphatic carbocycles. The second-order valence-electron chi connectivity index (χ2n) is 7.82. The van der Waals surface area contributed by atoms with Crippen LogP contribution in [0.1, 0.15) is 70.2 Å². The van der Waals surface area contributed by atoms with Gasteiger partial charge in [0.1, 0.15) is 11.6 Å². The molecule has 0 bridgehead atoms. The number of carbonyl (C=O) groups is 1. The Bertz CT molecular complexity index is 1080. The number of aromatic nitrogens is 2. The van der Waals surface area contributed by atoms with E-state index in [4.69, 9.17) is 21.5 Å². The highest BCUT2D eigenvalue weighted by Gasteiger charge is 2.23. The molecule has 0 aliphatic rings. The first-order valence-electron chi connectivity index (χ1n) is 11.3. The number of amides is 1. The molecule has 3 rings (SSSR count). The minimum absolute atomic E-state index is 0.0160. The first-order chi connectivity index (χ1) is 16.1. The largest absolute Gasteiger partial charge is 0.425 e. The van der Waals surface area contributed by atoms with Gasteiger partial charge < -0.3 is 9.92 Å². The van der Waals surface area contributed by atoms with Crippen LogP contribution in [-0.4, -0.2) is 20.2 Å². The summed E-state index contributed by atoms with van der Waals surface area (Å²) in [6.07, 6.45) is 0. The molecular weight excluding hydrogens is 534 g/mol. The maximum Gasteiger partial charge on any atom is 0.269 e.